The number of hydrogen-bond donors (Lipinski definition) is 2. The lowest BCUT2D eigenvalue weighted by Crippen LogP contribution is -2.48. The molecule has 0 radical (unpaired) electrons. The summed E-state index contributed by atoms with van der Waals surface area (Å²) in [4.78, 5) is 16.1. The van der Waals surface area contributed by atoms with Gasteiger partial charge in [-0.25, -0.2) is 4.98 Å². The monoisotopic (exact) mass is 313 g/mol. The van der Waals surface area contributed by atoms with Crippen LogP contribution in [0.25, 0.3) is 0 Å². The molecule has 1 amide bonds. The first-order valence-electron chi connectivity index (χ1n) is 5.77. The first-order chi connectivity index (χ1) is 8.44. The molecule has 5 nitrogen and oxygen atoms in total. The Bertz CT molecular complexity index is 476. The number of aromatic nitrogens is 1. The third-order valence-corrected chi connectivity index (χ3v) is 3.48. The summed E-state index contributed by atoms with van der Waals surface area (Å²) >= 11 is 3.33. The van der Waals surface area contributed by atoms with E-state index in [1.807, 2.05) is 13.8 Å². The minimum atomic E-state index is -0.551. The Morgan fingerprint density at radius 2 is 2.33 bits per heavy atom. The maximum atomic E-state index is 12.0. The van der Waals surface area contributed by atoms with Gasteiger partial charge in [0.2, 0.25) is 0 Å². The molecule has 98 valence electrons. The van der Waals surface area contributed by atoms with E-state index in [0.29, 0.717) is 24.5 Å². The van der Waals surface area contributed by atoms with Gasteiger partial charge >= 0.3 is 0 Å². The predicted molar refractivity (Wildman–Crippen MR) is 72.4 cm³/mol. The fourth-order valence-electron chi connectivity index (χ4n) is 1.98. The van der Waals surface area contributed by atoms with Gasteiger partial charge in [0.15, 0.2) is 17.7 Å². The average Bonchev–Trinajstić information content (AvgIpc) is 2.28. The smallest absolute Gasteiger partial charge is 0.267 e. The van der Waals surface area contributed by atoms with Gasteiger partial charge in [0, 0.05) is 16.1 Å². The number of rotatable bonds is 3. The zero-order valence-electron chi connectivity index (χ0n) is 10.4. The molecule has 0 aliphatic carbocycles. The van der Waals surface area contributed by atoms with Crippen molar-refractivity contribution in [3.05, 3.63) is 16.7 Å². The molecule has 1 unspecified atom stereocenters. The number of nitrogens with one attached hydrogen (secondary N) is 1. The number of carbonyl (C=O) groups excluding carboxylic acids is 1. The highest BCUT2D eigenvalue weighted by Crippen LogP contribution is 2.36. The van der Waals surface area contributed by atoms with Crippen molar-refractivity contribution in [3.8, 4) is 5.75 Å². The molecule has 0 spiro atoms. The second-order valence-corrected chi connectivity index (χ2v) is 5.93. The number of pyridine rings is 1. The molecule has 3 N–H and O–H groups in total. The highest BCUT2D eigenvalue weighted by atomic mass is 79.9. The number of fused-ring (bicyclic) bond motifs is 1. The Balaban J connectivity index is 2.29. The summed E-state index contributed by atoms with van der Waals surface area (Å²) < 4.78 is 6.60. The van der Waals surface area contributed by atoms with E-state index in [9.17, 15) is 4.79 Å². The summed E-state index contributed by atoms with van der Waals surface area (Å²) in [5.41, 5.74) is 5.26. The summed E-state index contributed by atoms with van der Waals surface area (Å²) in [6, 6.07) is 1.80. The van der Waals surface area contributed by atoms with Gasteiger partial charge in [-0.15, -0.1) is 0 Å². The Labute approximate surface area is 114 Å². The third kappa shape index (κ3) is 2.49. The van der Waals surface area contributed by atoms with Crippen LogP contribution in [0, 0.1) is 5.41 Å². The fraction of sp³-hybridized carbons (Fsp3) is 0.500. The van der Waals surface area contributed by atoms with E-state index in [1.165, 1.54) is 0 Å². The number of halogens is 1. The summed E-state index contributed by atoms with van der Waals surface area (Å²) in [6.45, 7) is 4.46. The first-order valence-corrected chi connectivity index (χ1v) is 6.56. The Morgan fingerprint density at radius 3 is 3.00 bits per heavy atom. The van der Waals surface area contributed by atoms with Gasteiger partial charge < -0.3 is 15.8 Å². The predicted octanol–water partition coefficient (Wildman–Crippen LogP) is 1.92. The number of ether oxygens (including phenoxy) is 1. The van der Waals surface area contributed by atoms with Crippen molar-refractivity contribution in [1.82, 2.24) is 4.98 Å². The second kappa shape index (κ2) is 4.85. The van der Waals surface area contributed by atoms with Crippen LogP contribution in [0.4, 0.5) is 5.82 Å². The normalized spacial score (nSPS) is 18.9. The van der Waals surface area contributed by atoms with Crippen molar-refractivity contribution in [2.24, 2.45) is 11.1 Å². The topological polar surface area (TPSA) is 77.2 Å². The molecule has 1 aliphatic rings. The average molecular weight is 314 g/mol. The van der Waals surface area contributed by atoms with E-state index in [-0.39, 0.29) is 11.3 Å². The van der Waals surface area contributed by atoms with Crippen LogP contribution in [-0.4, -0.2) is 23.5 Å². The highest BCUT2D eigenvalue weighted by molar-refractivity contribution is 9.10. The minimum absolute atomic E-state index is 0.171. The van der Waals surface area contributed by atoms with Gasteiger partial charge in [-0.2, -0.15) is 0 Å². The summed E-state index contributed by atoms with van der Waals surface area (Å²) in [7, 11) is 0. The van der Waals surface area contributed by atoms with Crippen LogP contribution in [0.1, 0.15) is 20.3 Å². The van der Waals surface area contributed by atoms with Crippen LogP contribution in [0.15, 0.2) is 16.7 Å². The third-order valence-electron chi connectivity index (χ3n) is 3.04. The van der Waals surface area contributed by atoms with Crippen molar-refractivity contribution >= 4 is 27.7 Å². The highest BCUT2D eigenvalue weighted by Gasteiger charge is 2.40. The molecule has 2 heterocycles. The van der Waals surface area contributed by atoms with Crippen LogP contribution in [0.3, 0.4) is 0 Å². The molecule has 0 saturated carbocycles. The van der Waals surface area contributed by atoms with Crippen LogP contribution >= 0.6 is 15.9 Å². The standard InChI is InChI=1S/C12H16BrN3O2/c1-12(2,3-4-14)9-11(17)16-10-8(18-9)5-7(13)6-15-10/h5-6,9H,3-4,14H2,1-2H3,(H,15,16,17). The number of amides is 1. The van der Waals surface area contributed by atoms with Crippen molar-refractivity contribution in [3.63, 3.8) is 0 Å². The maximum Gasteiger partial charge on any atom is 0.267 e. The lowest BCUT2D eigenvalue weighted by atomic mass is 9.82. The SMILES string of the molecule is CC(C)(CCN)C1Oc2cc(Br)cnc2NC1=O. The number of anilines is 1. The summed E-state index contributed by atoms with van der Waals surface area (Å²) in [5, 5.41) is 2.77. The van der Waals surface area contributed by atoms with Gasteiger partial charge in [0.1, 0.15) is 0 Å². The van der Waals surface area contributed by atoms with Gasteiger partial charge in [0.05, 0.1) is 0 Å². The summed E-state index contributed by atoms with van der Waals surface area (Å²) in [5.74, 6) is 0.873. The molecule has 1 aliphatic heterocycles. The lowest BCUT2D eigenvalue weighted by Gasteiger charge is -2.36. The van der Waals surface area contributed by atoms with E-state index in [0.717, 1.165) is 4.47 Å². The zero-order chi connectivity index (χ0) is 13.3. The number of nitrogens with two attached hydrogens (primary N) is 1. The van der Waals surface area contributed by atoms with E-state index in [4.69, 9.17) is 10.5 Å². The van der Waals surface area contributed by atoms with Crippen LogP contribution in [0.5, 0.6) is 5.75 Å². The molecule has 0 saturated heterocycles. The molecule has 1 aromatic heterocycles. The molecular weight excluding hydrogens is 298 g/mol. The zero-order valence-corrected chi connectivity index (χ0v) is 12.0. The van der Waals surface area contributed by atoms with Crippen molar-refractivity contribution in [2.45, 2.75) is 26.4 Å². The molecule has 0 fully saturated rings. The number of nitrogens with zero attached hydrogens (tertiary/aromatic N) is 1. The minimum Gasteiger partial charge on any atom is -0.476 e. The van der Waals surface area contributed by atoms with E-state index < -0.39 is 6.10 Å². The van der Waals surface area contributed by atoms with Crippen LogP contribution in [-0.2, 0) is 4.79 Å². The fourth-order valence-corrected chi connectivity index (χ4v) is 2.29. The Morgan fingerprint density at radius 1 is 1.61 bits per heavy atom. The van der Waals surface area contributed by atoms with Crippen molar-refractivity contribution < 1.29 is 9.53 Å². The van der Waals surface area contributed by atoms with E-state index in [1.54, 1.807) is 12.3 Å². The van der Waals surface area contributed by atoms with Crippen molar-refractivity contribution in [1.29, 1.82) is 0 Å². The first kappa shape index (κ1) is 13.3. The van der Waals surface area contributed by atoms with Crippen LogP contribution in [0.2, 0.25) is 0 Å². The van der Waals surface area contributed by atoms with Crippen molar-refractivity contribution in [2.75, 3.05) is 11.9 Å². The lowest BCUT2D eigenvalue weighted by molar-refractivity contribution is -0.129. The molecule has 1 atom stereocenters. The van der Waals surface area contributed by atoms with Gasteiger partial charge in [0.25, 0.3) is 5.91 Å². The maximum absolute atomic E-state index is 12.0. The Hall–Kier alpha value is -1.14. The largest absolute Gasteiger partial charge is 0.476 e. The molecular formula is C12H16BrN3O2. The number of carbonyl (C=O) groups is 1. The van der Waals surface area contributed by atoms with E-state index >= 15 is 0 Å². The second-order valence-electron chi connectivity index (χ2n) is 5.01. The van der Waals surface area contributed by atoms with Gasteiger partial charge in [-0.3, -0.25) is 4.79 Å². The molecule has 0 aromatic carbocycles. The summed E-state index contributed by atoms with van der Waals surface area (Å²) in [6.07, 6.45) is 1.78. The Kier molecular flexibility index (Phi) is 3.59. The quantitative estimate of drug-likeness (QED) is 0.893. The molecule has 1 aromatic rings. The van der Waals surface area contributed by atoms with Gasteiger partial charge in [-0.05, 0) is 35.0 Å². The molecule has 2 rings (SSSR count). The van der Waals surface area contributed by atoms with Gasteiger partial charge in [-0.1, -0.05) is 13.8 Å². The van der Waals surface area contributed by atoms with E-state index in [2.05, 4.69) is 26.2 Å². The molecule has 0 bridgehead atoms. The molecule has 6 heteroatoms. The molecule has 18 heavy (non-hydrogen) atoms. The van der Waals surface area contributed by atoms with Crippen LogP contribution < -0.4 is 15.8 Å². The number of hydrogen-bond acceptors (Lipinski definition) is 4.